The van der Waals surface area contributed by atoms with Gasteiger partial charge in [-0.15, -0.1) is 5.10 Å². The Kier molecular flexibility index (Phi) is 4.43. The maximum atomic E-state index is 5.38. The van der Waals surface area contributed by atoms with Crippen molar-refractivity contribution in [3.8, 4) is 11.4 Å². The lowest BCUT2D eigenvalue weighted by atomic mass is 10.0. The van der Waals surface area contributed by atoms with Crippen LogP contribution >= 0.6 is 0 Å². The number of hydrogen-bond donors (Lipinski definition) is 0. The van der Waals surface area contributed by atoms with Crippen LogP contribution in [0.25, 0.3) is 11.4 Å². The van der Waals surface area contributed by atoms with Gasteiger partial charge in [0.25, 0.3) is 0 Å². The summed E-state index contributed by atoms with van der Waals surface area (Å²) >= 11 is 0. The molecule has 1 aliphatic heterocycles. The van der Waals surface area contributed by atoms with Crippen LogP contribution in [0.15, 0.2) is 45.9 Å². The molecule has 1 fully saturated rings. The topological polar surface area (TPSA) is 84.3 Å². The molecule has 25 heavy (non-hydrogen) atoms. The summed E-state index contributed by atoms with van der Waals surface area (Å²) in [6.45, 7) is 2.54. The fraction of sp³-hybridized carbons (Fsp3) is 0.412. The minimum Gasteiger partial charge on any atom is -0.472 e. The lowest BCUT2D eigenvalue weighted by Crippen LogP contribution is -2.46. The first kappa shape index (κ1) is 15.8. The highest BCUT2D eigenvalue weighted by Gasteiger charge is 2.25. The number of rotatable bonds is 5. The Balaban J connectivity index is 1.40. The van der Waals surface area contributed by atoms with E-state index in [0.29, 0.717) is 24.3 Å². The third kappa shape index (κ3) is 3.53. The van der Waals surface area contributed by atoms with Crippen molar-refractivity contribution >= 4 is 5.82 Å². The molecule has 8 heteroatoms. The molecule has 0 spiro atoms. The van der Waals surface area contributed by atoms with Crippen LogP contribution in [0, 0.1) is 0 Å². The summed E-state index contributed by atoms with van der Waals surface area (Å²) < 4.78 is 10.4. The SMILES string of the molecule is CN(Cc1nc(-c2ccoc2)no1)[C@H]1CCCN(c2cccnn2)C1. The van der Waals surface area contributed by atoms with Crippen molar-refractivity contribution in [2.45, 2.75) is 25.4 Å². The van der Waals surface area contributed by atoms with Gasteiger partial charge in [-0.3, -0.25) is 4.90 Å². The number of anilines is 1. The third-order valence-corrected chi connectivity index (χ3v) is 4.53. The van der Waals surface area contributed by atoms with Crippen molar-refractivity contribution in [1.82, 2.24) is 25.2 Å². The van der Waals surface area contributed by atoms with Crippen LogP contribution in [0.3, 0.4) is 0 Å². The van der Waals surface area contributed by atoms with Gasteiger partial charge in [0.2, 0.25) is 11.7 Å². The molecule has 0 saturated carbocycles. The molecule has 3 aromatic heterocycles. The molecule has 0 aliphatic carbocycles. The van der Waals surface area contributed by atoms with Gasteiger partial charge in [0, 0.05) is 25.3 Å². The Morgan fingerprint density at radius 2 is 2.32 bits per heavy atom. The van der Waals surface area contributed by atoms with Crippen LogP contribution in [-0.4, -0.2) is 51.4 Å². The van der Waals surface area contributed by atoms with Gasteiger partial charge in [-0.05, 0) is 38.1 Å². The first-order valence-electron chi connectivity index (χ1n) is 8.37. The summed E-state index contributed by atoms with van der Waals surface area (Å²) in [6, 6.07) is 6.15. The van der Waals surface area contributed by atoms with Gasteiger partial charge in [-0.2, -0.15) is 10.1 Å². The van der Waals surface area contributed by atoms with Crippen LogP contribution < -0.4 is 4.90 Å². The third-order valence-electron chi connectivity index (χ3n) is 4.53. The van der Waals surface area contributed by atoms with E-state index in [9.17, 15) is 0 Å². The van der Waals surface area contributed by atoms with E-state index in [4.69, 9.17) is 8.94 Å². The lowest BCUT2D eigenvalue weighted by molar-refractivity contribution is 0.183. The highest BCUT2D eigenvalue weighted by molar-refractivity contribution is 5.51. The molecule has 0 unspecified atom stereocenters. The molecule has 1 saturated heterocycles. The standard InChI is InChI=1S/C17H20N6O2/c1-22(11-16-19-17(21-25-16)13-6-9-24-12-13)14-4-3-8-23(10-14)15-5-2-7-18-20-15/h2,5-7,9,12,14H,3-4,8,10-11H2,1H3/t14-/m0/s1. The van der Waals surface area contributed by atoms with Crippen molar-refractivity contribution in [3.63, 3.8) is 0 Å². The predicted molar refractivity (Wildman–Crippen MR) is 90.7 cm³/mol. The molecular weight excluding hydrogens is 320 g/mol. The van der Waals surface area contributed by atoms with Gasteiger partial charge in [-0.1, -0.05) is 5.16 Å². The molecule has 0 amide bonds. The fourth-order valence-electron chi connectivity index (χ4n) is 3.16. The Bertz CT molecular complexity index is 789. The van der Waals surface area contributed by atoms with E-state index in [0.717, 1.165) is 37.3 Å². The van der Waals surface area contributed by atoms with Crippen molar-refractivity contribution in [1.29, 1.82) is 0 Å². The molecule has 8 nitrogen and oxygen atoms in total. The Morgan fingerprint density at radius 3 is 3.12 bits per heavy atom. The van der Waals surface area contributed by atoms with E-state index in [1.54, 1.807) is 18.7 Å². The number of aromatic nitrogens is 4. The first-order chi connectivity index (χ1) is 12.3. The average molecular weight is 340 g/mol. The highest BCUT2D eigenvalue weighted by atomic mass is 16.5. The normalized spacial score (nSPS) is 18.0. The van der Waals surface area contributed by atoms with Gasteiger partial charge < -0.3 is 13.8 Å². The fourth-order valence-corrected chi connectivity index (χ4v) is 3.16. The maximum absolute atomic E-state index is 5.38. The zero-order valence-corrected chi connectivity index (χ0v) is 14.1. The summed E-state index contributed by atoms with van der Waals surface area (Å²) in [7, 11) is 2.09. The van der Waals surface area contributed by atoms with E-state index >= 15 is 0 Å². The van der Waals surface area contributed by atoms with E-state index in [1.807, 2.05) is 18.2 Å². The molecule has 1 atom stereocenters. The molecular formula is C17H20N6O2. The smallest absolute Gasteiger partial charge is 0.241 e. The molecule has 1 aliphatic rings. The number of piperidine rings is 1. The Labute approximate surface area is 145 Å². The van der Waals surface area contributed by atoms with Crippen molar-refractivity contribution < 1.29 is 8.94 Å². The molecule has 0 radical (unpaired) electrons. The second-order valence-electron chi connectivity index (χ2n) is 6.26. The summed E-state index contributed by atoms with van der Waals surface area (Å²) in [5, 5.41) is 12.2. The van der Waals surface area contributed by atoms with Crippen LogP contribution in [-0.2, 0) is 6.54 Å². The van der Waals surface area contributed by atoms with E-state index in [2.05, 4.69) is 37.2 Å². The molecule has 4 rings (SSSR count). The molecule has 3 aromatic rings. The number of furan rings is 1. The Hall–Kier alpha value is -2.74. The van der Waals surface area contributed by atoms with Crippen molar-refractivity contribution in [3.05, 3.63) is 42.8 Å². The van der Waals surface area contributed by atoms with E-state index in [1.165, 1.54) is 0 Å². The molecule has 130 valence electrons. The zero-order valence-electron chi connectivity index (χ0n) is 14.1. The van der Waals surface area contributed by atoms with E-state index < -0.39 is 0 Å². The minimum atomic E-state index is 0.403. The van der Waals surface area contributed by atoms with Crippen molar-refractivity contribution in [2.75, 3.05) is 25.0 Å². The lowest BCUT2D eigenvalue weighted by Gasteiger charge is -2.37. The highest BCUT2D eigenvalue weighted by Crippen LogP contribution is 2.21. The molecule has 0 N–H and O–H groups in total. The predicted octanol–water partition coefficient (Wildman–Crippen LogP) is 2.22. The van der Waals surface area contributed by atoms with Crippen LogP contribution in [0.1, 0.15) is 18.7 Å². The van der Waals surface area contributed by atoms with Gasteiger partial charge in [0.15, 0.2) is 5.82 Å². The minimum absolute atomic E-state index is 0.403. The van der Waals surface area contributed by atoms with Gasteiger partial charge in [-0.25, -0.2) is 0 Å². The summed E-state index contributed by atoms with van der Waals surface area (Å²) in [4.78, 5) is 8.99. The van der Waals surface area contributed by atoms with Gasteiger partial charge in [0.1, 0.15) is 6.26 Å². The summed E-state index contributed by atoms with van der Waals surface area (Å²) in [6.07, 6.45) is 7.16. The second kappa shape index (κ2) is 7.02. The van der Waals surface area contributed by atoms with Crippen LogP contribution in [0.4, 0.5) is 5.82 Å². The second-order valence-corrected chi connectivity index (χ2v) is 6.26. The summed E-state index contributed by atoms with van der Waals surface area (Å²) in [5.41, 5.74) is 0.823. The van der Waals surface area contributed by atoms with Crippen LogP contribution in [0.5, 0.6) is 0 Å². The quantitative estimate of drug-likeness (QED) is 0.699. The van der Waals surface area contributed by atoms with Crippen molar-refractivity contribution in [2.24, 2.45) is 0 Å². The average Bonchev–Trinajstić information content (AvgIpc) is 3.34. The maximum Gasteiger partial charge on any atom is 0.241 e. The van der Waals surface area contributed by atoms with Gasteiger partial charge in [0.05, 0.1) is 18.4 Å². The largest absolute Gasteiger partial charge is 0.472 e. The Morgan fingerprint density at radius 1 is 1.36 bits per heavy atom. The molecule has 0 bridgehead atoms. The number of likely N-dealkylation sites (N-methyl/N-ethyl adjacent to an activating group) is 1. The molecule has 4 heterocycles. The van der Waals surface area contributed by atoms with Crippen LogP contribution in [0.2, 0.25) is 0 Å². The van der Waals surface area contributed by atoms with E-state index in [-0.39, 0.29) is 0 Å². The first-order valence-corrected chi connectivity index (χ1v) is 8.37. The van der Waals surface area contributed by atoms with Gasteiger partial charge >= 0.3 is 0 Å². The zero-order chi connectivity index (χ0) is 17.1. The summed E-state index contributed by atoms with van der Waals surface area (Å²) in [5.74, 6) is 2.10. The number of hydrogen-bond acceptors (Lipinski definition) is 8. The monoisotopic (exact) mass is 340 g/mol. The molecule has 0 aromatic carbocycles. The number of nitrogens with zero attached hydrogens (tertiary/aromatic N) is 6.